The molecule has 4 aromatic rings. The van der Waals surface area contributed by atoms with E-state index < -0.39 is 17.8 Å². The number of nitriles is 1. The van der Waals surface area contributed by atoms with Crippen LogP contribution in [0, 0.1) is 11.3 Å². The zero-order valence-electron chi connectivity index (χ0n) is 15.9. The van der Waals surface area contributed by atoms with Crippen molar-refractivity contribution in [1.82, 2.24) is 4.98 Å². The van der Waals surface area contributed by atoms with E-state index in [1.54, 1.807) is 24.4 Å². The summed E-state index contributed by atoms with van der Waals surface area (Å²) in [6.45, 7) is 0. The van der Waals surface area contributed by atoms with Crippen LogP contribution in [0.3, 0.4) is 0 Å². The third-order valence-corrected chi connectivity index (χ3v) is 4.73. The van der Waals surface area contributed by atoms with Crippen molar-refractivity contribution in [3.05, 3.63) is 84.1 Å². The highest BCUT2D eigenvalue weighted by atomic mass is 19.4. The molecule has 0 aliphatic carbocycles. The van der Waals surface area contributed by atoms with Crippen LogP contribution in [0.1, 0.15) is 11.1 Å². The number of urea groups is 1. The van der Waals surface area contributed by atoms with Gasteiger partial charge in [-0.2, -0.15) is 18.4 Å². The molecular weight excluding hydrogens is 405 g/mol. The lowest BCUT2D eigenvalue weighted by Crippen LogP contribution is -2.19. The molecule has 0 aliphatic rings. The van der Waals surface area contributed by atoms with E-state index in [9.17, 15) is 18.0 Å². The first kappa shape index (κ1) is 20.0. The molecule has 154 valence electrons. The van der Waals surface area contributed by atoms with Gasteiger partial charge in [0.15, 0.2) is 0 Å². The number of benzene rings is 3. The normalized spacial score (nSPS) is 11.2. The Morgan fingerprint density at radius 3 is 2.39 bits per heavy atom. The Bertz CT molecular complexity index is 1300. The van der Waals surface area contributed by atoms with Crippen molar-refractivity contribution in [2.24, 2.45) is 0 Å². The van der Waals surface area contributed by atoms with E-state index in [0.717, 1.165) is 34.2 Å². The van der Waals surface area contributed by atoms with Crippen molar-refractivity contribution in [3.63, 3.8) is 0 Å². The monoisotopic (exact) mass is 420 g/mol. The van der Waals surface area contributed by atoms with Crippen LogP contribution in [-0.4, -0.2) is 11.0 Å². The summed E-state index contributed by atoms with van der Waals surface area (Å²) in [5.74, 6) is 0. The first-order chi connectivity index (χ1) is 14.8. The fourth-order valence-electron chi connectivity index (χ4n) is 3.20. The van der Waals surface area contributed by atoms with Crippen molar-refractivity contribution in [1.29, 1.82) is 5.26 Å². The molecule has 0 saturated heterocycles. The van der Waals surface area contributed by atoms with Crippen LogP contribution in [-0.2, 0) is 6.18 Å². The molecule has 1 heterocycles. The Kier molecular flexibility index (Phi) is 5.09. The summed E-state index contributed by atoms with van der Waals surface area (Å²) in [6.07, 6.45) is -2.80. The number of fused-ring (bicyclic) bond motifs is 1. The van der Waals surface area contributed by atoms with E-state index in [0.29, 0.717) is 11.3 Å². The Balaban J connectivity index is 1.54. The molecule has 3 N–H and O–H groups in total. The van der Waals surface area contributed by atoms with Crippen molar-refractivity contribution >= 4 is 28.3 Å². The maximum absolute atomic E-state index is 12.7. The summed E-state index contributed by atoms with van der Waals surface area (Å²) in [7, 11) is 0. The van der Waals surface area contributed by atoms with Gasteiger partial charge >= 0.3 is 12.2 Å². The second kappa shape index (κ2) is 7.88. The van der Waals surface area contributed by atoms with Crippen molar-refractivity contribution < 1.29 is 18.0 Å². The van der Waals surface area contributed by atoms with Gasteiger partial charge in [-0.05, 0) is 59.7 Å². The third kappa shape index (κ3) is 4.36. The van der Waals surface area contributed by atoms with Crippen LogP contribution in [0.2, 0.25) is 0 Å². The second-order valence-electron chi connectivity index (χ2n) is 6.81. The standard InChI is InChI=1S/C23H15F3N4O/c24-23(25,26)17-5-7-18(8-6-17)29-22(31)30-21-13-28-20-9-4-16(11-19(20)21)15-3-1-2-14(10-15)12-27/h1-11,13,28H,(H2,29,30,31). The molecule has 0 fully saturated rings. The van der Waals surface area contributed by atoms with Gasteiger partial charge in [-0.1, -0.05) is 18.2 Å². The first-order valence-electron chi connectivity index (χ1n) is 9.20. The van der Waals surface area contributed by atoms with Crippen LogP contribution in [0.4, 0.5) is 29.3 Å². The van der Waals surface area contributed by atoms with E-state index in [2.05, 4.69) is 21.7 Å². The Hall–Kier alpha value is -4.25. The highest BCUT2D eigenvalue weighted by molar-refractivity contribution is 6.06. The zero-order chi connectivity index (χ0) is 22.0. The first-order valence-corrected chi connectivity index (χ1v) is 9.20. The average molecular weight is 420 g/mol. The lowest BCUT2D eigenvalue weighted by Gasteiger charge is -2.10. The topological polar surface area (TPSA) is 80.7 Å². The van der Waals surface area contributed by atoms with Gasteiger partial charge in [0.25, 0.3) is 0 Å². The number of halogens is 3. The van der Waals surface area contributed by atoms with E-state index >= 15 is 0 Å². The number of nitrogens with one attached hydrogen (secondary N) is 3. The quantitative estimate of drug-likeness (QED) is 0.360. The fraction of sp³-hybridized carbons (Fsp3) is 0.0435. The number of hydrogen-bond donors (Lipinski definition) is 3. The maximum atomic E-state index is 12.7. The minimum atomic E-state index is -4.44. The van der Waals surface area contributed by atoms with E-state index in [4.69, 9.17) is 5.26 Å². The van der Waals surface area contributed by atoms with Gasteiger partial charge in [0.2, 0.25) is 0 Å². The number of aromatic amines is 1. The molecular formula is C23H15F3N4O. The fourth-order valence-corrected chi connectivity index (χ4v) is 3.20. The predicted octanol–water partition coefficient (Wildman–Crippen LogP) is 6.37. The Morgan fingerprint density at radius 1 is 0.935 bits per heavy atom. The number of nitrogens with zero attached hydrogens (tertiary/aromatic N) is 1. The molecule has 0 unspecified atom stereocenters. The predicted molar refractivity (Wildman–Crippen MR) is 113 cm³/mol. The largest absolute Gasteiger partial charge is 0.416 e. The highest BCUT2D eigenvalue weighted by Gasteiger charge is 2.30. The minimum absolute atomic E-state index is 0.236. The van der Waals surface area contributed by atoms with E-state index in [1.165, 1.54) is 12.1 Å². The summed E-state index contributed by atoms with van der Waals surface area (Å²) in [5.41, 5.74) is 3.03. The molecule has 1 aromatic heterocycles. The number of alkyl halides is 3. The van der Waals surface area contributed by atoms with Crippen molar-refractivity contribution in [3.8, 4) is 17.2 Å². The Morgan fingerprint density at radius 2 is 1.68 bits per heavy atom. The number of carbonyl (C=O) groups excluding carboxylic acids is 1. The number of hydrogen-bond acceptors (Lipinski definition) is 2. The number of carbonyl (C=O) groups is 1. The van der Waals surface area contributed by atoms with Gasteiger partial charge in [0.1, 0.15) is 0 Å². The SMILES string of the molecule is N#Cc1cccc(-c2ccc3[nH]cc(NC(=O)Nc4ccc(C(F)(F)F)cc4)c3c2)c1. The summed E-state index contributed by atoms with van der Waals surface area (Å²) >= 11 is 0. The molecule has 31 heavy (non-hydrogen) atoms. The number of H-pyrrole nitrogens is 1. The molecule has 3 aromatic carbocycles. The average Bonchev–Trinajstić information content (AvgIpc) is 3.15. The number of rotatable bonds is 3. The summed E-state index contributed by atoms with van der Waals surface area (Å²) < 4.78 is 38.0. The van der Waals surface area contributed by atoms with E-state index in [-0.39, 0.29) is 5.69 Å². The van der Waals surface area contributed by atoms with Gasteiger partial charge in [-0.15, -0.1) is 0 Å². The van der Waals surface area contributed by atoms with Crippen LogP contribution in [0.5, 0.6) is 0 Å². The van der Waals surface area contributed by atoms with Crippen LogP contribution in [0.25, 0.3) is 22.0 Å². The number of amides is 2. The molecule has 4 rings (SSSR count). The molecule has 0 bridgehead atoms. The lowest BCUT2D eigenvalue weighted by molar-refractivity contribution is -0.137. The van der Waals surface area contributed by atoms with Gasteiger partial charge in [0, 0.05) is 22.8 Å². The third-order valence-electron chi connectivity index (χ3n) is 4.73. The zero-order valence-corrected chi connectivity index (χ0v) is 15.9. The summed E-state index contributed by atoms with van der Waals surface area (Å²) in [4.78, 5) is 15.4. The van der Waals surface area contributed by atoms with Gasteiger partial charge in [-0.3, -0.25) is 0 Å². The van der Waals surface area contributed by atoms with Crippen LogP contribution < -0.4 is 10.6 Å². The van der Waals surface area contributed by atoms with Crippen molar-refractivity contribution in [2.45, 2.75) is 6.18 Å². The van der Waals surface area contributed by atoms with E-state index in [1.807, 2.05) is 24.3 Å². The molecule has 8 heteroatoms. The van der Waals surface area contributed by atoms with Crippen molar-refractivity contribution in [2.75, 3.05) is 10.6 Å². The molecule has 0 aliphatic heterocycles. The molecule has 0 saturated carbocycles. The van der Waals surface area contributed by atoms with Crippen LogP contribution in [0.15, 0.2) is 72.9 Å². The number of aromatic nitrogens is 1. The van der Waals surface area contributed by atoms with Crippen LogP contribution >= 0.6 is 0 Å². The Labute approximate surface area is 175 Å². The molecule has 5 nitrogen and oxygen atoms in total. The van der Waals surface area contributed by atoms with Gasteiger partial charge in [-0.25, -0.2) is 4.79 Å². The lowest BCUT2D eigenvalue weighted by atomic mass is 10.0. The highest BCUT2D eigenvalue weighted by Crippen LogP contribution is 2.31. The smallest absolute Gasteiger partial charge is 0.359 e. The molecule has 0 radical (unpaired) electrons. The molecule has 0 spiro atoms. The number of anilines is 2. The summed E-state index contributed by atoms with van der Waals surface area (Å²) in [5, 5.41) is 15.1. The van der Waals surface area contributed by atoms with Gasteiger partial charge < -0.3 is 15.6 Å². The van der Waals surface area contributed by atoms with Gasteiger partial charge in [0.05, 0.1) is 22.9 Å². The molecule has 2 amide bonds. The maximum Gasteiger partial charge on any atom is 0.416 e. The second-order valence-corrected chi connectivity index (χ2v) is 6.81. The summed E-state index contributed by atoms with van der Waals surface area (Å²) in [6, 6.07) is 18.6. The minimum Gasteiger partial charge on any atom is -0.359 e. The molecule has 0 atom stereocenters.